The van der Waals surface area contributed by atoms with Gasteiger partial charge in [-0.15, -0.1) is 0 Å². The maximum Gasteiger partial charge on any atom is 0.248 e. The van der Waals surface area contributed by atoms with Crippen molar-refractivity contribution in [2.45, 2.75) is 90.4 Å². The van der Waals surface area contributed by atoms with Gasteiger partial charge in [-0.3, -0.25) is 15.0 Å². The first-order valence-corrected chi connectivity index (χ1v) is 10.9. The Morgan fingerprint density at radius 1 is 0.889 bits per heavy atom. The van der Waals surface area contributed by atoms with Gasteiger partial charge in [-0.2, -0.15) is 5.01 Å². The Morgan fingerprint density at radius 3 is 2.04 bits per heavy atom. The molecular formula is C22H33ClN2O2. The first-order valence-electron chi connectivity index (χ1n) is 10.5. The summed E-state index contributed by atoms with van der Waals surface area (Å²) in [5, 5.41) is 1.61. The lowest BCUT2D eigenvalue weighted by atomic mass is 10.0. The molecule has 0 bridgehead atoms. The van der Waals surface area contributed by atoms with Crippen LogP contribution in [0.15, 0.2) is 18.2 Å². The summed E-state index contributed by atoms with van der Waals surface area (Å²) in [5.74, 6) is -0.396. The Bertz CT molecular complexity index is 602. The molecule has 1 aliphatic heterocycles. The predicted molar refractivity (Wildman–Crippen MR) is 112 cm³/mol. The zero-order chi connectivity index (χ0) is 19.5. The van der Waals surface area contributed by atoms with Crippen molar-refractivity contribution in [3.05, 3.63) is 28.8 Å². The number of hydrogen-bond acceptors (Lipinski definition) is 3. The molecule has 2 amide bonds. The Morgan fingerprint density at radius 2 is 1.44 bits per heavy atom. The maximum atomic E-state index is 11.8. The zero-order valence-corrected chi connectivity index (χ0v) is 17.3. The minimum Gasteiger partial charge on any atom is -0.287 e. The highest BCUT2D eigenvalue weighted by Gasteiger charge is 2.29. The normalized spacial score (nSPS) is 14.2. The second-order valence-corrected chi connectivity index (χ2v) is 7.89. The summed E-state index contributed by atoms with van der Waals surface area (Å²) in [6, 6.07) is 5.81. The van der Waals surface area contributed by atoms with Crippen LogP contribution in [0.25, 0.3) is 0 Å². The molecule has 0 spiro atoms. The van der Waals surface area contributed by atoms with Gasteiger partial charge in [0.2, 0.25) is 11.8 Å². The van der Waals surface area contributed by atoms with Crippen LogP contribution in [-0.4, -0.2) is 16.8 Å². The van der Waals surface area contributed by atoms with Crippen molar-refractivity contribution in [1.29, 1.82) is 0 Å². The molecule has 1 N–H and O–H groups in total. The van der Waals surface area contributed by atoms with E-state index in [0.717, 1.165) is 17.9 Å². The van der Waals surface area contributed by atoms with Gasteiger partial charge in [-0.25, -0.2) is 0 Å². The summed E-state index contributed by atoms with van der Waals surface area (Å²) in [6.07, 6.45) is 14.7. The number of rotatable bonds is 13. The number of benzene rings is 1. The molecule has 1 heterocycles. The molecule has 1 aromatic carbocycles. The molecule has 1 saturated heterocycles. The fraction of sp³-hybridized carbons (Fsp3) is 0.636. The van der Waals surface area contributed by atoms with Crippen LogP contribution >= 0.6 is 11.6 Å². The summed E-state index contributed by atoms with van der Waals surface area (Å²) in [6.45, 7) is 2.26. The van der Waals surface area contributed by atoms with Crippen molar-refractivity contribution < 1.29 is 9.59 Å². The number of nitrogens with one attached hydrogen (secondary N) is 1. The van der Waals surface area contributed by atoms with Crippen molar-refractivity contribution in [3.8, 4) is 0 Å². The van der Waals surface area contributed by atoms with E-state index in [2.05, 4.69) is 12.3 Å². The number of carbonyl (C=O) groups excluding carboxylic acids is 2. The fourth-order valence-electron chi connectivity index (χ4n) is 3.45. The zero-order valence-electron chi connectivity index (χ0n) is 16.6. The topological polar surface area (TPSA) is 49.4 Å². The average Bonchev–Trinajstić information content (AvgIpc) is 2.97. The Hall–Kier alpha value is -1.55. The molecule has 0 aromatic heterocycles. The largest absolute Gasteiger partial charge is 0.287 e. The van der Waals surface area contributed by atoms with E-state index in [1.807, 2.05) is 18.2 Å². The number of imide groups is 1. The van der Waals surface area contributed by atoms with Crippen LogP contribution in [0.2, 0.25) is 5.02 Å². The molecule has 0 unspecified atom stereocenters. The summed E-state index contributed by atoms with van der Waals surface area (Å²) in [5.41, 5.74) is 4.70. The summed E-state index contributed by atoms with van der Waals surface area (Å²) < 4.78 is 0. The highest BCUT2D eigenvalue weighted by atomic mass is 35.5. The summed E-state index contributed by atoms with van der Waals surface area (Å²) in [4.78, 5) is 23.5. The number of hydrogen-bond donors (Lipinski definition) is 1. The van der Waals surface area contributed by atoms with E-state index < -0.39 is 0 Å². The molecule has 0 saturated carbocycles. The minimum atomic E-state index is -0.198. The molecule has 0 aliphatic carbocycles. The van der Waals surface area contributed by atoms with Gasteiger partial charge < -0.3 is 0 Å². The second-order valence-electron chi connectivity index (χ2n) is 7.48. The lowest BCUT2D eigenvalue weighted by Gasteiger charge is -2.18. The van der Waals surface area contributed by atoms with Gasteiger partial charge in [0.1, 0.15) is 0 Å². The minimum absolute atomic E-state index is 0.198. The Kier molecular flexibility index (Phi) is 9.68. The monoisotopic (exact) mass is 392 g/mol. The van der Waals surface area contributed by atoms with E-state index in [9.17, 15) is 9.59 Å². The van der Waals surface area contributed by atoms with E-state index in [-0.39, 0.29) is 24.7 Å². The van der Waals surface area contributed by atoms with E-state index in [1.54, 1.807) is 0 Å². The quantitative estimate of drug-likeness (QED) is 0.317. The maximum absolute atomic E-state index is 11.8. The van der Waals surface area contributed by atoms with Gasteiger partial charge >= 0.3 is 0 Å². The first-order chi connectivity index (χ1) is 13.1. The predicted octanol–water partition coefficient (Wildman–Crippen LogP) is 6.28. The van der Waals surface area contributed by atoms with Crippen molar-refractivity contribution in [1.82, 2.24) is 5.01 Å². The third kappa shape index (κ3) is 7.53. The lowest BCUT2D eigenvalue weighted by molar-refractivity contribution is -0.136. The number of hydrazine groups is 1. The smallest absolute Gasteiger partial charge is 0.248 e. The highest BCUT2D eigenvalue weighted by Crippen LogP contribution is 2.26. The molecule has 1 aromatic rings. The molecule has 2 rings (SSSR count). The van der Waals surface area contributed by atoms with Crippen LogP contribution in [0.5, 0.6) is 0 Å². The number of halogens is 1. The van der Waals surface area contributed by atoms with Gasteiger partial charge in [0.05, 0.1) is 10.7 Å². The van der Waals surface area contributed by atoms with E-state index in [0.29, 0.717) is 10.7 Å². The van der Waals surface area contributed by atoms with E-state index in [4.69, 9.17) is 11.6 Å². The molecular weight excluding hydrogens is 360 g/mol. The van der Waals surface area contributed by atoms with Gasteiger partial charge in [-0.1, -0.05) is 82.4 Å². The third-order valence-corrected chi connectivity index (χ3v) is 5.46. The third-order valence-electron chi connectivity index (χ3n) is 5.13. The van der Waals surface area contributed by atoms with Crippen LogP contribution in [0.3, 0.4) is 0 Å². The lowest BCUT2D eigenvalue weighted by Crippen LogP contribution is -2.34. The number of amides is 2. The summed E-state index contributed by atoms with van der Waals surface area (Å²) in [7, 11) is 0. The molecule has 1 fully saturated rings. The van der Waals surface area contributed by atoms with Gasteiger partial charge in [0.15, 0.2) is 0 Å². The first kappa shape index (κ1) is 21.7. The van der Waals surface area contributed by atoms with E-state index >= 15 is 0 Å². The number of aryl methyl sites for hydroxylation is 1. The second kappa shape index (κ2) is 12.0. The van der Waals surface area contributed by atoms with Gasteiger partial charge in [-0.05, 0) is 30.5 Å². The van der Waals surface area contributed by atoms with Crippen LogP contribution < -0.4 is 5.43 Å². The van der Waals surface area contributed by atoms with Crippen molar-refractivity contribution in [2.24, 2.45) is 0 Å². The van der Waals surface area contributed by atoms with Crippen LogP contribution in [0.4, 0.5) is 5.69 Å². The molecule has 4 nitrogen and oxygen atoms in total. The van der Waals surface area contributed by atoms with E-state index in [1.165, 1.54) is 63.4 Å². The van der Waals surface area contributed by atoms with Gasteiger partial charge in [0.25, 0.3) is 0 Å². The highest BCUT2D eigenvalue weighted by molar-refractivity contribution is 6.33. The molecule has 27 heavy (non-hydrogen) atoms. The van der Waals surface area contributed by atoms with Gasteiger partial charge in [0, 0.05) is 12.8 Å². The van der Waals surface area contributed by atoms with Crippen molar-refractivity contribution >= 4 is 29.1 Å². The molecule has 5 heteroatoms. The van der Waals surface area contributed by atoms with Crippen LogP contribution in [-0.2, 0) is 16.0 Å². The fourth-order valence-corrected chi connectivity index (χ4v) is 3.61. The Labute approximate surface area is 168 Å². The van der Waals surface area contributed by atoms with Crippen LogP contribution in [0.1, 0.15) is 89.5 Å². The number of nitrogens with zero attached hydrogens (tertiary/aromatic N) is 1. The van der Waals surface area contributed by atoms with Crippen molar-refractivity contribution in [3.63, 3.8) is 0 Å². The van der Waals surface area contributed by atoms with Crippen LogP contribution in [0, 0.1) is 0 Å². The SMILES string of the molecule is CCCCCCCCCCCCc1ccc(Cl)c(NN2C(=O)CCC2=O)c1. The standard InChI is InChI=1S/C22H33ClN2O2/c1-2-3-4-5-6-7-8-9-10-11-12-18-13-14-19(23)20(17-18)24-25-21(26)15-16-22(25)27/h13-14,17,24H,2-12,15-16H2,1H3. The Balaban J connectivity index is 1.67. The summed E-state index contributed by atoms with van der Waals surface area (Å²) >= 11 is 6.22. The molecule has 0 radical (unpaired) electrons. The average molecular weight is 393 g/mol. The number of carbonyl (C=O) groups is 2. The number of anilines is 1. The van der Waals surface area contributed by atoms with Crippen molar-refractivity contribution in [2.75, 3.05) is 5.43 Å². The molecule has 150 valence electrons. The molecule has 1 aliphatic rings. The molecule has 0 atom stereocenters. The number of unbranched alkanes of at least 4 members (excludes halogenated alkanes) is 9.